The molecule has 2 aliphatic rings. The van der Waals surface area contributed by atoms with Crippen LogP contribution in [0.4, 0.5) is 0 Å². The van der Waals surface area contributed by atoms with Gasteiger partial charge in [-0.15, -0.1) is 0 Å². The van der Waals surface area contributed by atoms with Crippen LogP contribution in [0.1, 0.15) is 37.8 Å². The van der Waals surface area contributed by atoms with E-state index in [-0.39, 0.29) is 5.92 Å². The Morgan fingerprint density at radius 1 is 1.17 bits per heavy atom. The number of likely N-dealkylation sites (tertiary alicyclic amines) is 1. The molecule has 3 rings (SSSR count). The monoisotopic (exact) mass is 416 g/mol. The second kappa shape index (κ2) is 11.2. The van der Waals surface area contributed by atoms with Gasteiger partial charge in [-0.25, -0.2) is 4.99 Å². The summed E-state index contributed by atoms with van der Waals surface area (Å²) < 4.78 is 11.0. The highest BCUT2D eigenvalue weighted by atomic mass is 16.5. The molecule has 166 valence electrons. The minimum absolute atomic E-state index is 0.121. The number of rotatable bonds is 6. The first kappa shape index (κ1) is 22.4. The minimum Gasteiger partial charge on any atom is -0.494 e. The highest BCUT2D eigenvalue weighted by molar-refractivity contribution is 5.82. The lowest BCUT2D eigenvalue weighted by Crippen LogP contribution is -2.50. The van der Waals surface area contributed by atoms with Crippen molar-refractivity contribution in [2.45, 2.75) is 40.2 Å². The van der Waals surface area contributed by atoms with E-state index in [1.807, 2.05) is 17.9 Å². The fourth-order valence-corrected chi connectivity index (χ4v) is 4.10. The van der Waals surface area contributed by atoms with Gasteiger partial charge in [0.25, 0.3) is 0 Å². The van der Waals surface area contributed by atoms with Gasteiger partial charge in [-0.2, -0.15) is 0 Å². The Balaban J connectivity index is 1.57. The molecule has 0 unspecified atom stereocenters. The highest BCUT2D eigenvalue weighted by Crippen LogP contribution is 2.22. The fraction of sp³-hybridized carbons (Fsp3) is 0.652. The summed E-state index contributed by atoms with van der Waals surface area (Å²) in [5.41, 5.74) is 2.31. The maximum atomic E-state index is 12.8. The molecule has 0 bridgehead atoms. The molecule has 1 aromatic carbocycles. The third-order valence-electron chi connectivity index (χ3n) is 5.75. The van der Waals surface area contributed by atoms with E-state index in [1.54, 1.807) is 0 Å². The zero-order valence-electron chi connectivity index (χ0n) is 18.7. The number of benzene rings is 1. The molecule has 0 aromatic heterocycles. The highest BCUT2D eigenvalue weighted by Gasteiger charge is 2.30. The number of carbonyl (C=O) groups is 1. The lowest BCUT2D eigenvalue weighted by Gasteiger charge is -2.36. The van der Waals surface area contributed by atoms with Gasteiger partial charge in [-0.1, -0.05) is 12.1 Å². The normalized spacial score (nSPS) is 18.4. The lowest BCUT2D eigenvalue weighted by atomic mass is 9.95. The van der Waals surface area contributed by atoms with Crippen molar-refractivity contribution in [1.29, 1.82) is 0 Å². The van der Waals surface area contributed by atoms with E-state index in [0.29, 0.717) is 32.3 Å². The smallest absolute Gasteiger partial charge is 0.225 e. The van der Waals surface area contributed by atoms with Gasteiger partial charge in [0.15, 0.2) is 5.96 Å². The molecule has 0 atom stereocenters. The quantitative estimate of drug-likeness (QED) is 0.570. The van der Waals surface area contributed by atoms with Crippen LogP contribution < -0.4 is 10.1 Å². The van der Waals surface area contributed by atoms with Crippen molar-refractivity contribution in [3.05, 3.63) is 29.3 Å². The largest absolute Gasteiger partial charge is 0.494 e. The number of guanidine groups is 1. The number of amides is 1. The first-order valence-corrected chi connectivity index (χ1v) is 11.2. The van der Waals surface area contributed by atoms with Gasteiger partial charge in [-0.05, 0) is 50.8 Å². The molecule has 0 aliphatic carbocycles. The average Bonchev–Trinajstić information content (AvgIpc) is 2.78. The molecule has 0 saturated carbocycles. The van der Waals surface area contributed by atoms with Crippen LogP contribution in [0.3, 0.4) is 0 Å². The SMILES string of the molecule is CCNC(=NCc1ccc(OCC)c(C)c1)N1CCC(C(=O)N2CCOCC2)CC1. The summed E-state index contributed by atoms with van der Waals surface area (Å²) in [4.78, 5) is 21.9. The average molecular weight is 417 g/mol. The number of hydrogen-bond donors (Lipinski definition) is 1. The molecular weight excluding hydrogens is 380 g/mol. The topological polar surface area (TPSA) is 66.4 Å². The van der Waals surface area contributed by atoms with Crippen molar-refractivity contribution in [3.8, 4) is 5.75 Å². The van der Waals surface area contributed by atoms with Gasteiger partial charge >= 0.3 is 0 Å². The van der Waals surface area contributed by atoms with Crippen molar-refractivity contribution in [1.82, 2.24) is 15.1 Å². The van der Waals surface area contributed by atoms with Crippen molar-refractivity contribution >= 4 is 11.9 Å². The molecular formula is C23H36N4O3. The van der Waals surface area contributed by atoms with Gasteiger partial charge in [0.1, 0.15) is 5.75 Å². The molecule has 2 fully saturated rings. The van der Waals surface area contributed by atoms with Crippen LogP contribution in [-0.4, -0.2) is 74.2 Å². The molecule has 1 N–H and O–H groups in total. The van der Waals surface area contributed by atoms with Crippen molar-refractivity contribution in [2.75, 3.05) is 52.5 Å². The second-order valence-electron chi connectivity index (χ2n) is 7.90. The molecule has 2 saturated heterocycles. The Kier molecular flexibility index (Phi) is 8.37. The molecule has 2 heterocycles. The molecule has 2 aliphatic heterocycles. The third-order valence-corrected chi connectivity index (χ3v) is 5.75. The van der Waals surface area contributed by atoms with E-state index in [0.717, 1.165) is 62.8 Å². The molecule has 7 heteroatoms. The van der Waals surface area contributed by atoms with E-state index in [1.165, 1.54) is 5.56 Å². The number of carbonyl (C=O) groups excluding carboxylic acids is 1. The predicted molar refractivity (Wildman–Crippen MR) is 119 cm³/mol. The van der Waals surface area contributed by atoms with Gasteiger partial charge in [0, 0.05) is 38.6 Å². The summed E-state index contributed by atoms with van der Waals surface area (Å²) in [5, 5.41) is 3.42. The van der Waals surface area contributed by atoms with Crippen LogP contribution in [0.2, 0.25) is 0 Å². The fourth-order valence-electron chi connectivity index (χ4n) is 4.10. The van der Waals surface area contributed by atoms with E-state index >= 15 is 0 Å². The maximum absolute atomic E-state index is 12.8. The molecule has 1 amide bonds. The first-order valence-electron chi connectivity index (χ1n) is 11.2. The summed E-state index contributed by atoms with van der Waals surface area (Å²) in [6.07, 6.45) is 1.76. The van der Waals surface area contributed by atoms with E-state index in [4.69, 9.17) is 14.5 Å². The second-order valence-corrected chi connectivity index (χ2v) is 7.90. The number of nitrogens with one attached hydrogen (secondary N) is 1. The van der Waals surface area contributed by atoms with Crippen LogP contribution in [0.15, 0.2) is 23.2 Å². The number of aliphatic imine (C=N–C) groups is 1. The van der Waals surface area contributed by atoms with Crippen LogP contribution >= 0.6 is 0 Å². The minimum atomic E-state index is 0.121. The molecule has 7 nitrogen and oxygen atoms in total. The van der Waals surface area contributed by atoms with Crippen LogP contribution in [0, 0.1) is 12.8 Å². The number of nitrogens with zero attached hydrogens (tertiary/aromatic N) is 3. The Hall–Kier alpha value is -2.28. The van der Waals surface area contributed by atoms with Crippen LogP contribution in [-0.2, 0) is 16.1 Å². The summed E-state index contributed by atoms with van der Waals surface area (Å²) in [6.45, 7) is 12.8. The Bertz CT molecular complexity index is 723. The first-order chi connectivity index (χ1) is 14.6. The molecule has 0 radical (unpaired) electrons. The van der Waals surface area contributed by atoms with Gasteiger partial charge in [-0.3, -0.25) is 4.79 Å². The summed E-state index contributed by atoms with van der Waals surface area (Å²) in [7, 11) is 0. The molecule has 0 spiro atoms. The van der Waals surface area contributed by atoms with Gasteiger partial charge in [0.05, 0.1) is 26.4 Å². The molecule has 30 heavy (non-hydrogen) atoms. The van der Waals surface area contributed by atoms with Gasteiger partial charge in [0.2, 0.25) is 5.91 Å². The number of morpholine rings is 1. The number of ether oxygens (including phenoxy) is 2. The Labute approximate surface area is 180 Å². The molecule has 1 aromatic rings. The van der Waals surface area contributed by atoms with Crippen molar-refractivity contribution in [3.63, 3.8) is 0 Å². The zero-order valence-corrected chi connectivity index (χ0v) is 18.7. The summed E-state index contributed by atoms with van der Waals surface area (Å²) in [6, 6.07) is 6.25. The van der Waals surface area contributed by atoms with Crippen LogP contribution in [0.5, 0.6) is 5.75 Å². The number of aryl methyl sites for hydroxylation is 1. The number of hydrogen-bond acceptors (Lipinski definition) is 4. The Morgan fingerprint density at radius 3 is 2.53 bits per heavy atom. The van der Waals surface area contributed by atoms with Crippen LogP contribution in [0.25, 0.3) is 0 Å². The van der Waals surface area contributed by atoms with E-state index < -0.39 is 0 Å². The standard InChI is InChI=1S/C23H36N4O3/c1-4-24-23(25-17-19-6-7-21(30-5-2)18(3)16-19)27-10-8-20(9-11-27)22(28)26-12-14-29-15-13-26/h6-7,16,20H,4-5,8-15,17H2,1-3H3,(H,24,25). The Morgan fingerprint density at radius 2 is 1.90 bits per heavy atom. The maximum Gasteiger partial charge on any atom is 0.225 e. The summed E-state index contributed by atoms with van der Waals surface area (Å²) >= 11 is 0. The van der Waals surface area contributed by atoms with Gasteiger partial charge < -0.3 is 24.6 Å². The van der Waals surface area contributed by atoms with Crippen molar-refractivity contribution < 1.29 is 14.3 Å². The van der Waals surface area contributed by atoms with Crippen molar-refractivity contribution in [2.24, 2.45) is 10.9 Å². The zero-order chi connectivity index (χ0) is 21.3. The van der Waals surface area contributed by atoms with E-state index in [9.17, 15) is 4.79 Å². The predicted octanol–water partition coefficient (Wildman–Crippen LogP) is 2.43. The lowest BCUT2D eigenvalue weighted by molar-refractivity contribution is -0.140. The van der Waals surface area contributed by atoms with E-state index in [2.05, 4.69) is 36.2 Å². The third kappa shape index (κ3) is 5.88. The number of piperidine rings is 1. The summed E-state index contributed by atoms with van der Waals surface area (Å²) in [5.74, 6) is 2.28.